The minimum atomic E-state index is -0.575. The smallest absolute Gasteiger partial charge is 0.305 e. The maximum absolute atomic E-state index is 12.5. The van der Waals surface area contributed by atoms with Crippen molar-refractivity contribution in [3.05, 3.63) is 0 Å². The lowest BCUT2D eigenvalue weighted by molar-refractivity contribution is -0.242. The fourth-order valence-corrected chi connectivity index (χ4v) is 9.81. The third-order valence-electron chi connectivity index (χ3n) is 11.4. The summed E-state index contributed by atoms with van der Waals surface area (Å²) in [4.78, 5) is 48.6. The minimum absolute atomic E-state index is 0.0496. The Morgan fingerprint density at radius 2 is 1.36 bits per heavy atom. The fourth-order valence-electron chi connectivity index (χ4n) is 9.81. The molecule has 8 nitrogen and oxygen atoms in total. The normalized spacial score (nSPS) is 41.7. The third-order valence-corrected chi connectivity index (χ3v) is 11.4. The first-order valence-corrected chi connectivity index (χ1v) is 14.9. The Hall–Kier alpha value is -2.12. The molecule has 0 aromatic heterocycles. The molecule has 0 bridgehead atoms. The Balaban J connectivity index is 1.69. The summed E-state index contributed by atoms with van der Waals surface area (Å²) in [6, 6.07) is 0. The molecule has 0 aliphatic heterocycles. The Morgan fingerprint density at radius 3 is 1.97 bits per heavy atom. The number of ether oxygens (including phenoxy) is 4. The zero-order valence-electron chi connectivity index (χ0n) is 24.8. The monoisotopic (exact) mass is 548 g/mol. The lowest BCUT2D eigenvalue weighted by atomic mass is 9.43. The van der Waals surface area contributed by atoms with Gasteiger partial charge in [-0.25, -0.2) is 0 Å². The highest BCUT2D eigenvalue weighted by molar-refractivity contribution is 5.69. The number of esters is 4. The molecule has 0 spiro atoms. The van der Waals surface area contributed by atoms with E-state index < -0.39 is 12.2 Å². The molecule has 0 N–H and O–H groups in total. The Morgan fingerprint density at radius 1 is 0.769 bits per heavy atom. The molecule has 220 valence electrons. The van der Waals surface area contributed by atoms with Crippen molar-refractivity contribution in [1.29, 1.82) is 0 Å². The highest BCUT2D eigenvalue weighted by atomic mass is 16.6. The van der Waals surface area contributed by atoms with Gasteiger partial charge in [0, 0.05) is 39.0 Å². The van der Waals surface area contributed by atoms with Gasteiger partial charge in [-0.3, -0.25) is 19.2 Å². The molecule has 0 amide bonds. The van der Waals surface area contributed by atoms with Gasteiger partial charge in [0.15, 0.2) is 0 Å². The van der Waals surface area contributed by atoms with Gasteiger partial charge >= 0.3 is 23.9 Å². The van der Waals surface area contributed by atoms with Gasteiger partial charge in [0.2, 0.25) is 0 Å². The lowest BCUT2D eigenvalue weighted by Crippen LogP contribution is -2.65. The van der Waals surface area contributed by atoms with Crippen LogP contribution < -0.4 is 0 Å². The van der Waals surface area contributed by atoms with E-state index in [0.29, 0.717) is 36.5 Å². The summed E-state index contributed by atoms with van der Waals surface area (Å²) < 4.78 is 22.7. The van der Waals surface area contributed by atoms with Crippen molar-refractivity contribution in [3.63, 3.8) is 0 Å². The van der Waals surface area contributed by atoms with E-state index >= 15 is 0 Å². The SMILES string of the molecule is COC(=O)CC[C@@H](C)[C@H]1CC[C@H]2[C@@H]3[C@H](OC(C)=O)[C@H](OC(C)=O)[C@@H]4C[C@H](OC(C)=O)CC[C@]4(C)[C@H]3CC[C@]12C. The van der Waals surface area contributed by atoms with Gasteiger partial charge in [-0.2, -0.15) is 0 Å². The summed E-state index contributed by atoms with van der Waals surface area (Å²) in [6.07, 6.45) is 6.38. The molecule has 4 saturated carbocycles. The average Bonchev–Trinajstić information content (AvgIpc) is 3.21. The molecule has 4 fully saturated rings. The molecule has 0 unspecified atom stereocenters. The van der Waals surface area contributed by atoms with Crippen LogP contribution in [0.5, 0.6) is 0 Å². The van der Waals surface area contributed by atoms with Crippen LogP contribution in [0.15, 0.2) is 0 Å². The van der Waals surface area contributed by atoms with E-state index in [2.05, 4.69) is 20.8 Å². The van der Waals surface area contributed by atoms with E-state index in [1.54, 1.807) is 0 Å². The Kier molecular flexibility index (Phi) is 8.73. The fraction of sp³-hybridized carbons (Fsp3) is 0.871. The molecule has 8 heteroatoms. The molecule has 0 heterocycles. The van der Waals surface area contributed by atoms with Crippen LogP contribution in [0, 0.1) is 46.3 Å². The zero-order valence-corrected chi connectivity index (χ0v) is 24.8. The average molecular weight is 549 g/mol. The van der Waals surface area contributed by atoms with E-state index in [1.165, 1.54) is 27.9 Å². The van der Waals surface area contributed by atoms with Crippen LogP contribution in [0.2, 0.25) is 0 Å². The third kappa shape index (κ3) is 5.58. The summed E-state index contributed by atoms with van der Waals surface area (Å²) in [7, 11) is 1.44. The molecule has 11 atom stereocenters. The van der Waals surface area contributed by atoms with Crippen molar-refractivity contribution >= 4 is 23.9 Å². The van der Waals surface area contributed by atoms with Crippen molar-refractivity contribution < 1.29 is 38.1 Å². The van der Waals surface area contributed by atoms with E-state index in [-0.39, 0.29) is 52.6 Å². The van der Waals surface area contributed by atoms with Crippen LogP contribution in [-0.4, -0.2) is 49.3 Å². The van der Waals surface area contributed by atoms with Crippen molar-refractivity contribution in [2.45, 2.75) is 118 Å². The summed E-state index contributed by atoms with van der Waals surface area (Å²) >= 11 is 0. The van der Waals surface area contributed by atoms with Gasteiger partial charge in [0.05, 0.1) is 7.11 Å². The van der Waals surface area contributed by atoms with Crippen molar-refractivity contribution in [2.75, 3.05) is 7.11 Å². The van der Waals surface area contributed by atoms with Crippen LogP contribution in [0.4, 0.5) is 0 Å². The molecule has 0 aromatic rings. The maximum atomic E-state index is 12.5. The molecule has 4 aliphatic rings. The quantitative estimate of drug-likeness (QED) is 0.314. The molecule has 0 radical (unpaired) electrons. The number of fused-ring (bicyclic) bond motifs is 5. The number of rotatable bonds is 7. The van der Waals surface area contributed by atoms with Crippen LogP contribution >= 0.6 is 0 Å². The summed E-state index contributed by atoms with van der Waals surface area (Å²) in [5.74, 6) is 0.289. The molecule has 4 aliphatic carbocycles. The first-order valence-electron chi connectivity index (χ1n) is 14.9. The van der Waals surface area contributed by atoms with Crippen LogP contribution in [-0.2, 0) is 38.1 Å². The molecular weight excluding hydrogens is 500 g/mol. The second-order valence-corrected chi connectivity index (χ2v) is 13.4. The lowest BCUT2D eigenvalue weighted by Gasteiger charge is -2.64. The van der Waals surface area contributed by atoms with Gasteiger partial charge in [0.25, 0.3) is 0 Å². The van der Waals surface area contributed by atoms with Gasteiger partial charge < -0.3 is 18.9 Å². The molecule has 0 saturated heterocycles. The maximum Gasteiger partial charge on any atom is 0.305 e. The summed E-state index contributed by atoms with van der Waals surface area (Å²) in [5.41, 5.74) is -0.0674. The highest BCUT2D eigenvalue weighted by Crippen LogP contribution is 2.69. The van der Waals surface area contributed by atoms with Gasteiger partial charge in [-0.05, 0) is 85.9 Å². The van der Waals surface area contributed by atoms with E-state index in [4.69, 9.17) is 18.9 Å². The molecule has 39 heavy (non-hydrogen) atoms. The summed E-state index contributed by atoms with van der Waals surface area (Å²) in [5, 5.41) is 0. The Labute approximate surface area is 233 Å². The highest BCUT2D eigenvalue weighted by Gasteiger charge is 2.67. The second kappa shape index (κ2) is 11.4. The molecule has 4 rings (SSSR count). The zero-order chi connectivity index (χ0) is 28.7. The van der Waals surface area contributed by atoms with Gasteiger partial charge in [0.1, 0.15) is 18.3 Å². The Bertz CT molecular complexity index is 962. The van der Waals surface area contributed by atoms with Gasteiger partial charge in [-0.1, -0.05) is 20.8 Å². The molecule has 0 aromatic carbocycles. The van der Waals surface area contributed by atoms with Crippen LogP contribution in [0.25, 0.3) is 0 Å². The van der Waals surface area contributed by atoms with E-state index in [0.717, 1.165) is 44.9 Å². The molecular formula is C31H48O8. The van der Waals surface area contributed by atoms with Crippen LogP contribution in [0.3, 0.4) is 0 Å². The van der Waals surface area contributed by atoms with Crippen molar-refractivity contribution in [1.82, 2.24) is 0 Å². The number of hydrogen-bond donors (Lipinski definition) is 0. The topological polar surface area (TPSA) is 105 Å². The summed E-state index contributed by atoms with van der Waals surface area (Å²) in [6.45, 7) is 11.3. The van der Waals surface area contributed by atoms with Crippen LogP contribution in [0.1, 0.15) is 99.3 Å². The van der Waals surface area contributed by atoms with E-state index in [1.807, 2.05) is 0 Å². The standard InChI is InChI=1S/C31H48O8/c1-17(8-11-26(35)36-7)22-9-10-23-27-24(13-15-30(22,23)5)31(6)14-12-21(37-18(2)32)16-25(31)28(38-19(3)33)29(27)39-20(4)34/h17,21-25,27-29H,8-16H2,1-7H3/t17-,21-,22-,23+,24+,25+,27+,28-,29+,30-,31-/m1/s1. The first-order chi connectivity index (χ1) is 18.3. The van der Waals surface area contributed by atoms with E-state index in [9.17, 15) is 19.2 Å². The minimum Gasteiger partial charge on any atom is -0.469 e. The first kappa shape index (κ1) is 29.9. The van der Waals surface area contributed by atoms with Crippen molar-refractivity contribution in [2.24, 2.45) is 46.3 Å². The largest absolute Gasteiger partial charge is 0.469 e. The predicted molar refractivity (Wildman–Crippen MR) is 143 cm³/mol. The number of hydrogen-bond acceptors (Lipinski definition) is 8. The number of carbonyl (C=O) groups is 4. The number of methoxy groups -OCH3 is 1. The number of carbonyl (C=O) groups excluding carboxylic acids is 4. The predicted octanol–water partition coefficient (Wildman–Crippen LogP) is 5.25. The van der Waals surface area contributed by atoms with Crippen molar-refractivity contribution in [3.8, 4) is 0 Å². The van der Waals surface area contributed by atoms with Gasteiger partial charge in [-0.15, -0.1) is 0 Å². The second-order valence-electron chi connectivity index (χ2n) is 13.4.